The molecule has 1 fully saturated rings. The average Bonchev–Trinajstić information content (AvgIpc) is 3.30. The van der Waals surface area contributed by atoms with Gasteiger partial charge in [-0.25, -0.2) is 4.79 Å². The van der Waals surface area contributed by atoms with Crippen LogP contribution in [-0.4, -0.2) is 37.7 Å². The quantitative estimate of drug-likeness (QED) is 0.705. The second-order valence-electron chi connectivity index (χ2n) is 5.35. The van der Waals surface area contributed by atoms with Crippen molar-refractivity contribution in [1.29, 1.82) is 0 Å². The second-order valence-corrected chi connectivity index (χ2v) is 5.35. The van der Waals surface area contributed by atoms with Crippen LogP contribution in [0, 0.1) is 0 Å². The van der Waals surface area contributed by atoms with Crippen LogP contribution in [0.25, 0.3) is 0 Å². The van der Waals surface area contributed by atoms with E-state index in [-0.39, 0.29) is 17.5 Å². The van der Waals surface area contributed by atoms with E-state index in [4.69, 9.17) is 4.74 Å². The first-order chi connectivity index (χ1) is 11.4. The van der Waals surface area contributed by atoms with E-state index in [0.29, 0.717) is 5.69 Å². The number of nitrogens with one attached hydrogen (secondary N) is 3. The Balaban J connectivity index is 1.95. The zero-order valence-electron chi connectivity index (χ0n) is 13.3. The largest absolute Gasteiger partial charge is 0.493 e. The summed E-state index contributed by atoms with van der Waals surface area (Å²) in [7, 11) is 1.33. The first kappa shape index (κ1) is 17.8. The highest BCUT2D eigenvalue weighted by atomic mass is 19.3. The summed E-state index contributed by atoms with van der Waals surface area (Å²) in [6, 6.07) is 3.10. The van der Waals surface area contributed by atoms with Crippen LogP contribution in [0.1, 0.15) is 19.8 Å². The summed E-state index contributed by atoms with van der Waals surface area (Å²) in [6.07, 6.45) is 1.82. The monoisotopic (exact) mass is 343 g/mol. The zero-order chi connectivity index (χ0) is 17.7. The Morgan fingerprint density at radius 2 is 1.96 bits per heavy atom. The summed E-state index contributed by atoms with van der Waals surface area (Å²) >= 11 is 0. The molecular weight excluding hydrogens is 324 g/mol. The minimum atomic E-state index is -3.00. The van der Waals surface area contributed by atoms with Gasteiger partial charge in [0.1, 0.15) is 6.04 Å². The summed E-state index contributed by atoms with van der Waals surface area (Å²) < 4.78 is 34.1. The number of alkyl halides is 2. The van der Waals surface area contributed by atoms with Crippen LogP contribution in [0.5, 0.6) is 11.5 Å². The zero-order valence-corrected chi connectivity index (χ0v) is 13.3. The van der Waals surface area contributed by atoms with Crippen LogP contribution in [-0.2, 0) is 4.79 Å². The molecule has 2 rings (SSSR count). The average molecular weight is 343 g/mol. The number of carbonyl (C=O) groups excluding carboxylic acids is 2. The van der Waals surface area contributed by atoms with Gasteiger partial charge in [0.2, 0.25) is 5.91 Å². The Labute approximate surface area is 137 Å². The van der Waals surface area contributed by atoms with Crippen molar-refractivity contribution in [3.63, 3.8) is 0 Å². The molecule has 0 aromatic heterocycles. The number of methoxy groups -OCH3 is 1. The van der Waals surface area contributed by atoms with Gasteiger partial charge in [-0.15, -0.1) is 0 Å². The van der Waals surface area contributed by atoms with Crippen molar-refractivity contribution >= 4 is 17.6 Å². The third-order valence-electron chi connectivity index (χ3n) is 3.31. The number of anilines is 1. The van der Waals surface area contributed by atoms with Gasteiger partial charge in [0.15, 0.2) is 11.5 Å². The third-order valence-corrected chi connectivity index (χ3v) is 3.31. The van der Waals surface area contributed by atoms with E-state index in [2.05, 4.69) is 20.7 Å². The van der Waals surface area contributed by atoms with Gasteiger partial charge >= 0.3 is 12.6 Å². The molecule has 3 amide bonds. The van der Waals surface area contributed by atoms with E-state index in [9.17, 15) is 18.4 Å². The third kappa shape index (κ3) is 5.25. The lowest BCUT2D eigenvalue weighted by Crippen LogP contribution is -2.46. The molecule has 1 saturated carbocycles. The number of ether oxygens (including phenoxy) is 2. The lowest BCUT2D eigenvalue weighted by molar-refractivity contribution is -0.120. The topological polar surface area (TPSA) is 88.7 Å². The fraction of sp³-hybridized carbons (Fsp3) is 0.467. The normalized spacial score (nSPS) is 14.7. The molecule has 1 atom stereocenters. The fourth-order valence-electron chi connectivity index (χ4n) is 1.94. The van der Waals surface area contributed by atoms with E-state index in [0.717, 1.165) is 12.8 Å². The van der Waals surface area contributed by atoms with Gasteiger partial charge in [-0.05, 0) is 31.9 Å². The number of imide groups is 1. The molecule has 1 unspecified atom stereocenters. The van der Waals surface area contributed by atoms with Gasteiger partial charge in [0.25, 0.3) is 0 Å². The summed E-state index contributed by atoms with van der Waals surface area (Å²) in [5, 5.41) is 7.65. The Morgan fingerprint density at radius 1 is 1.25 bits per heavy atom. The molecule has 9 heteroatoms. The van der Waals surface area contributed by atoms with E-state index >= 15 is 0 Å². The molecule has 3 N–H and O–H groups in total. The highest BCUT2D eigenvalue weighted by Crippen LogP contribution is 2.31. The Bertz CT molecular complexity index is 608. The van der Waals surface area contributed by atoms with Gasteiger partial charge in [-0.2, -0.15) is 8.78 Å². The minimum absolute atomic E-state index is 0.136. The minimum Gasteiger partial charge on any atom is -0.493 e. The van der Waals surface area contributed by atoms with E-state index in [1.807, 2.05) is 0 Å². The van der Waals surface area contributed by atoms with Crippen molar-refractivity contribution in [1.82, 2.24) is 10.6 Å². The molecule has 1 aliphatic rings. The SMILES string of the molecule is COc1ccc(NC(C)C(=O)NC(=O)NC2CC2)cc1OC(F)F. The van der Waals surface area contributed by atoms with Gasteiger partial charge < -0.3 is 20.1 Å². The summed E-state index contributed by atoms with van der Waals surface area (Å²) in [4.78, 5) is 23.5. The number of urea groups is 1. The number of amides is 3. The van der Waals surface area contributed by atoms with Crippen molar-refractivity contribution in [2.45, 2.75) is 38.5 Å². The lowest BCUT2D eigenvalue weighted by Gasteiger charge is -2.17. The van der Waals surface area contributed by atoms with E-state index in [1.165, 1.54) is 26.2 Å². The number of halogens is 2. The van der Waals surface area contributed by atoms with Crippen molar-refractivity contribution in [2.75, 3.05) is 12.4 Å². The van der Waals surface area contributed by atoms with Crippen LogP contribution in [0.3, 0.4) is 0 Å². The number of benzene rings is 1. The molecule has 0 spiro atoms. The molecule has 24 heavy (non-hydrogen) atoms. The molecule has 0 radical (unpaired) electrons. The van der Waals surface area contributed by atoms with Crippen LogP contribution in [0.15, 0.2) is 18.2 Å². The molecule has 0 saturated heterocycles. The van der Waals surface area contributed by atoms with Crippen LogP contribution >= 0.6 is 0 Å². The molecule has 0 heterocycles. The maximum atomic E-state index is 12.4. The maximum Gasteiger partial charge on any atom is 0.387 e. The van der Waals surface area contributed by atoms with Crippen molar-refractivity contribution < 1.29 is 27.8 Å². The van der Waals surface area contributed by atoms with E-state index < -0.39 is 24.6 Å². The number of hydrogen-bond acceptors (Lipinski definition) is 5. The fourth-order valence-corrected chi connectivity index (χ4v) is 1.94. The predicted molar refractivity (Wildman–Crippen MR) is 82.4 cm³/mol. The molecule has 1 aromatic carbocycles. The van der Waals surface area contributed by atoms with Gasteiger partial charge in [-0.3, -0.25) is 10.1 Å². The molecule has 1 aromatic rings. The number of carbonyl (C=O) groups is 2. The highest BCUT2D eigenvalue weighted by molar-refractivity contribution is 5.98. The Hall–Kier alpha value is -2.58. The number of rotatable bonds is 7. The van der Waals surface area contributed by atoms with Crippen molar-refractivity contribution in [3.05, 3.63) is 18.2 Å². The standard InChI is InChI=1S/C15H19F2N3O4/c1-8(13(21)20-15(22)19-9-3-4-9)18-10-5-6-11(23-2)12(7-10)24-14(16)17/h5-9,14,18H,3-4H2,1-2H3,(H2,19,20,21,22). The Kier molecular flexibility index (Phi) is 5.78. The molecule has 0 bridgehead atoms. The molecule has 1 aliphatic carbocycles. The summed E-state index contributed by atoms with van der Waals surface area (Å²) in [5.41, 5.74) is 0.372. The van der Waals surface area contributed by atoms with Gasteiger partial charge in [-0.1, -0.05) is 0 Å². The van der Waals surface area contributed by atoms with Crippen LogP contribution < -0.4 is 25.4 Å². The second kappa shape index (κ2) is 7.80. The first-order valence-electron chi connectivity index (χ1n) is 7.39. The van der Waals surface area contributed by atoms with Crippen LogP contribution in [0.2, 0.25) is 0 Å². The lowest BCUT2D eigenvalue weighted by atomic mass is 10.2. The van der Waals surface area contributed by atoms with Crippen molar-refractivity contribution in [2.24, 2.45) is 0 Å². The molecular formula is C15H19F2N3O4. The highest BCUT2D eigenvalue weighted by Gasteiger charge is 2.25. The number of hydrogen-bond donors (Lipinski definition) is 3. The van der Waals surface area contributed by atoms with Gasteiger partial charge in [0.05, 0.1) is 7.11 Å². The van der Waals surface area contributed by atoms with Crippen LogP contribution in [0.4, 0.5) is 19.3 Å². The predicted octanol–water partition coefficient (Wildman–Crippen LogP) is 2.09. The molecule has 0 aliphatic heterocycles. The van der Waals surface area contributed by atoms with Gasteiger partial charge in [0, 0.05) is 17.8 Å². The van der Waals surface area contributed by atoms with E-state index in [1.54, 1.807) is 6.07 Å². The Morgan fingerprint density at radius 3 is 2.54 bits per heavy atom. The van der Waals surface area contributed by atoms with Crippen molar-refractivity contribution in [3.8, 4) is 11.5 Å². The summed E-state index contributed by atoms with van der Waals surface area (Å²) in [5.74, 6) is -0.557. The molecule has 132 valence electrons. The smallest absolute Gasteiger partial charge is 0.387 e. The maximum absolute atomic E-state index is 12.4. The molecule has 7 nitrogen and oxygen atoms in total. The first-order valence-corrected chi connectivity index (χ1v) is 7.39. The summed E-state index contributed by atoms with van der Waals surface area (Å²) in [6.45, 7) is -1.46.